The SMILES string of the molecule is COc1ccc(CSc2nccc(=O)[nH]2)cc1. The van der Waals surface area contributed by atoms with Gasteiger partial charge < -0.3 is 9.72 Å². The highest BCUT2D eigenvalue weighted by molar-refractivity contribution is 7.98. The number of thioether (sulfide) groups is 1. The average molecular weight is 248 g/mol. The molecule has 17 heavy (non-hydrogen) atoms. The molecule has 0 aliphatic heterocycles. The van der Waals surface area contributed by atoms with Crippen LogP contribution in [0.3, 0.4) is 0 Å². The van der Waals surface area contributed by atoms with Crippen LogP contribution in [-0.2, 0) is 5.75 Å². The number of nitrogens with zero attached hydrogens (tertiary/aromatic N) is 1. The minimum absolute atomic E-state index is 0.128. The van der Waals surface area contributed by atoms with Crippen LogP contribution in [0, 0.1) is 0 Å². The molecule has 2 rings (SSSR count). The van der Waals surface area contributed by atoms with Gasteiger partial charge in [-0.15, -0.1) is 0 Å². The third-order valence-electron chi connectivity index (χ3n) is 2.18. The van der Waals surface area contributed by atoms with Gasteiger partial charge in [-0.3, -0.25) is 4.79 Å². The molecule has 0 atom stereocenters. The van der Waals surface area contributed by atoms with Gasteiger partial charge in [-0.1, -0.05) is 23.9 Å². The molecule has 1 aromatic heterocycles. The van der Waals surface area contributed by atoms with E-state index in [-0.39, 0.29) is 5.56 Å². The van der Waals surface area contributed by atoms with Crippen molar-refractivity contribution >= 4 is 11.8 Å². The number of hydrogen-bond acceptors (Lipinski definition) is 4. The number of aromatic nitrogens is 2. The van der Waals surface area contributed by atoms with Crippen LogP contribution >= 0.6 is 11.8 Å². The van der Waals surface area contributed by atoms with Gasteiger partial charge >= 0.3 is 0 Å². The number of benzene rings is 1. The molecule has 0 aliphatic carbocycles. The molecule has 0 aliphatic rings. The third kappa shape index (κ3) is 3.35. The van der Waals surface area contributed by atoms with E-state index in [1.165, 1.54) is 24.0 Å². The molecule has 0 saturated heterocycles. The maximum absolute atomic E-state index is 11.1. The van der Waals surface area contributed by atoms with Crippen LogP contribution in [0.2, 0.25) is 0 Å². The molecule has 1 aromatic carbocycles. The molecule has 0 bridgehead atoms. The van der Waals surface area contributed by atoms with E-state index < -0.39 is 0 Å². The van der Waals surface area contributed by atoms with E-state index >= 15 is 0 Å². The summed E-state index contributed by atoms with van der Waals surface area (Å²) < 4.78 is 5.08. The van der Waals surface area contributed by atoms with Crippen molar-refractivity contribution < 1.29 is 4.74 Å². The van der Waals surface area contributed by atoms with Crippen LogP contribution in [0.4, 0.5) is 0 Å². The molecule has 0 spiro atoms. The molecular formula is C12H12N2O2S. The molecule has 0 amide bonds. The number of rotatable bonds is 4. The van der Waals surface area contributed by atoms with E-state index in [9.17, 15) is 4.79 Å². The van der Waals surface area contributed by atoms with Crippen molar-refractivity contribution in [3.8, 4) is 5.75 Å². The van der Waals surface area contributed by atoms with Crippen molar-refractivity contribution in [3.63, 3.8) is 0 Å². The summed E-state index contributed by atoms with van der Waals surface area (Å²) in [6, 6.07) is 9.21. The molecule has 88 valence electrons. The predicted molar refractivity (Wildman–Crippen MR) is 67.4 cm³/mol. The van der Waals surface area contributed by atoms with E-state index in [0.717, 1.165) is 17.1 Å². The van der Waals surface area contributed by atoms with Crippen LogP contribution in [0.1, 0.15) is 5.56 Å². The Labute approximate surface area is 103 Å². The zero-order chi connectivity index (χ0) is 12.1. The first-order valence-corrected chi connectivity index (χ1v) is 6.07. The van der Waals surface area contributed by atoms with Crippen LogP contribution in [0.15, 0.2) is 46.5 Å². The van der Waals surface area contributed by atoms with Gasteiger partial charge in [0.1, 0.15) is 5.75 Å². The molecule has 0 saturated carbocycles. The summed E-state index contributed by atoms with van der Waals surface area (Å²) in [5, 5.41) is 0.633. The zero-order valence-corrected chi connectivity index (χ0v) is 10.2. The summed E-state index contributed by atoms with van der Waals surface area (Å²) in [6.07, 6.45) is 1.51. The molecule has 1 N–H and O–H groups in total. The fourth-order valence-corrected chi connectivity index (χ4v) is 2.10. The standard InChI is InChI=1S/C12H12N2O2S/c1-16-10-4-2-9(3-5-10)8-17-12-13-7-6-11(15)14-12/h2-7H,8H2,1H3,(H,13,14,15). The second kappa shape index (κ2) is 5.54. The van der Waals surface area contributed by atoms with Gasteiger partial charge in [0.05, 0.1) is 7.11 Å². The number of nitrogens with one attached hydrogen (secondary N) is 1. The van der Waals surface area contributed by atoms with E-state index in [1.54, 1.807) is 7.11 Å². The Bertz CT molecular complexity index is 537. The maximum Gasteiger partial charge on any atom is 0.251 e. The highest BCUT2D eigenvalue weighted by Gasteiger charge is 1.99. The Balaban J connectivity index is 1.99. The first-order chi connectivity index (χ1) is 8.28. The van der Waals surface area contributed by atoms with Crippen LogP contribution in [0.5, 0.6) is 5.75 Å². The van der Waals surface area contributed by atoms with Gasteiger partial charge in [0.25, 0.3) is 5.56 Å². The fraction of sp³-hybridized carbons (Fsp3) is 0.167. The minimum Gasteiger partial charge on any atom is -0.497 e. The molecule has 0 fully saturated rings. The van der Waals surface area contributed by atoms with Crippen molar-refractivity contribution in [3.05, 3.63) is 52.4 Å². The lowest BCUT2D eigenvalue weighted by molar-refractivity contribution is 0.414. The quantitative estimate of drug-likeness (QED) is 0.664. The van der Waals surface area contributed by atoms with Gasteiger partial charge in [-0.2, -0.15) is 0 Å². The van der Waals surface area contributed by atoms with Crippen molar-refractivity contribution in [2.24, 2.45) is 0 Å². The Morgan fingerprint density at radius 2 is 2.06 bits per heavy atom. The van der Waals surface area contributed by atoms with Gasteiger partial charge in [-0.05, 0) is 17.7 Å². The van der Waals surface area contributed by atoms with Gasteiger partial charge in [0, 0.05) is 18.0 Å². The first-order valence-electron chi connectivity index (χ1n) is 5.09. The van der Waals surface area contributed by atoms with Crippen molar-refractivity contribution in [2.75, 3.05) is 7.11 Å². The van der Waals surface area contributed by atoms with Gasteiger partial charge in [0.2, 0.25) is 0 Å². The van der Waals surface area contributed by atoms with Crippen molar-refractivity contribution in [2.45, 2.75) is 10.9 Å². The second-order valence-electron chi connectivity index (χ2n) is 3.38. The third-order valence-corrected chi connectivity index (χ3v) is 3.14. The van der Waals surface area contributed by atoms with Crippen molar-refractivity contribution in [1.82, 2.24) is 9.97 Å². The molecule has 1 heterocycles. The summed E-state index contributed by atoms with van der Waals surface area (Å²) in [5.74, 6) is 1.60. The zero-order valence-electron chi connectivity index (χ0n) is 9.34. The Morgan fingerprint density at radius 1 is 1.29 bits per heavy atom. The Hall–Kier alpha value is -1.75. The van der Waals surface area contributed by atoms with Crippen molar-refractivity contribution in [1.29, 1.82) is 0 Å². The molecule has 4 nitrogen and oxygen atoms in total. The van der Waals surface area contributed by atoms with Crippen LogP contribution in [-0.4, -0.2) is 17.1 Å². The van der Waals surface area contributed by atoms with Gasteiger partial charge in [0.15, 0.2) is 5.16 Å². The number of hydrogen-bond donors (Lipinski definition) is 1. The molecule has 0 unspecified atom stereocenters. The van der Waals surface area contributed by atoms with Crippen LogP contribution in [0.25, 0.3) is 0 Å². The van der Waals surface area contributed by atoms with E-state index in [4.69, 9.17) is 4.74 Å². The van der Waals surface area contributed by atoms with E-state index in [0.29, 0.717) is 5.16 Å². The highest BCUT2D eigenvalue weighted by Crippen LogP contribution is 2.19. The largest absolute Gasteiger partial charge is 0.497 e. The first kappa shape index (κ1) is 11.7. The Morgan fingerprint density at radius 3 is 2.71 bits per heavy atom. The minimum atomic E-state index is -0.128. The number of ether oxygens (including phenoxy) is 1. The number of H-pyrrole nitrogens is 1. The highest BCUT2D eigenvalue weighted by atomic mass is 32.2. The lowest BCUT2D eigenvalue weighted by Crippen LogP contribution is -2.05. The molecule has 0 radical (unpaired) electrons. The molecule has 2 aromatic rings. The summed E-state index contributed by atoms with van der Waals surface area (Å²) in [7, 11) is 1.64. The maximum atomic E-state index is 11.1. The summed E-state index contributed by atoms with van der Waals surface area (Å²) in [6.45, 7) is 0. The number of aromatic amines is 1. The Kier molecular flexibility index (Phi) is 3.82. The van der Waals surface area contributed by atoms with E-state index in [1.807, 2.05) is 24.3 Å². The molecule has 5 heteroatoms. The monoisotopic (exact) mass is 248 g/mol. The lowest BCUT2D eigenvalue weighted by atomic mass is 10.2. The average Bonchev–Trinajstić information content (AvgIpc) is 2.37. The summed E-state index contributed by atoms with van der Waals surface area (Å²) in [5.41, 5.74) is 1.03. The normalized spacial score (nSPS) is 10.2. The topological polar surface area (TPSA) is 55.0 Å². The summed E-state index contributed by atoms with van der Waals surface area (Å²) >= 11 is 1.49. The fourth-order valence-electron chi connectivity index (χ4n) is 1.30. The van der Waals surface area contributed by atoms with Crippen LogP contribution < -0.4 is 10.3 Å². The van der Waals surface area contributed by atoms with E-state index in [2.05, 4.69) is 9.97 Å². The van der Waals surface area contributed by atoms with Gasteiger partial charge in [-0.25, -0.2) is 4.98 Å². The predicted octanol–water partition coefficient (Wildman–Crippen LogP) is 2.07. The smallest absolute Gasteiger partial charge is 0.251 e. The number of methoxy groups -OCH3 is 1. The second-order valence-corrected chi connectivity index (χ2v) is 4.34. The lowest BCUT2D eigenvalue weighted by Gasteiger charge is -2.02. The molecular weight excluding hydrogens is 236 g/mol. The summed E-state index contributed by atoms with van der Waals surface area (Å²) in [4.78, 5) is 17.8.